The van der Waals surface area contributed by atoms with Crippen molar-refractivity contribution in [2.24, 2.45) is 0 Å². The van der Waals surface area contributed by atoms with Crippen molar-refractivity contribution in [3.05, 3.63) is 64.1 Å². The highest BCUT2D eigenvalue weighted by Gasteiger charge is 2.18. The fourth-order valence-electron chi connectivity index (χ4n) is 2.95. The van der Waals surface area contributed by atoms with E-state index in [-0.39, 0.29) is 0 Å². The Hall–Kier alpha value is -1.91. The van der Waals surface area contributed by atoms with Crippen LogP contribution in [0.3, 0.4) is 0 Å². The van der Waals surface area contributed by atoms with E-state index in [1.165, 1.54) is 21.6 Å². The van der Waals surface area contributed by atoms with E-state index < -0.39 is 0 Å². The van der Waals surface area contributed by atoms with Gasteiger partial charge in [0, 0.05) is 23.9 Å². The molecule has 0 saturated carbocycles. The fraction of sp³-hybridized carbons (Fsp3) is 0.333. The number of methoxy groups -OCH3 is 2. The summed E-state index contributed by atoms with van der Waals surface area (Å²) >= 11 is 1.92. The quantitative estimate of drug-likeness (QED) is 0.741. The van der Waals surface area contributed by atoms with Crippen molar-refractivity contribution in [3.8, 4) is 11.5 Å². The van der Waals surface area contributed by atoms with E-state index in [2.05, 4.69) is 54.3 Å². The lowest BCUT2D eigenvalue weighted by atomic mass is 10.1. The summed E-state index contributed by atoms with van der Waals surface area (Å²) < 4.78 is 10.7. The molecule has 1 fully saturated rings. The topological polar surface area (TPSA) is 21.7 Å². The molecule has 3 rings (SSSR count). The van der Waals surface area contributed by atoms with Gasteiger partial charge in [-0.2, -0.15) is 0 Å². The molecular formula is C21H25NO2S. The van der Waals surface area contributed by atoms with E-state index >= 15 is 0 Å². The summed E-state index contributed by atoms with van der Waals surface area (Å²) in [7, 11) is 3.34. The minimum absolute atomic E-state index is 0.776. The maximum Gasteiger partial charge on any atom is 0.161 e. The molecule has 0 spiro atoms. The van der Waals surface area contributed by atoms with Gasteiger partial charge in [0.05, 0.1) is 14.2 Å². The van der Waals surface area contributed by atoms with Gasteiger partial charge in [-0.25, -0.2) is 0 Å². The first-order valence-electron chi connectivity index (χ1n) is 8.57. The smallest absolute Gasteiger partial charge is 0.161 e. The van der Waals surface area contributed by atoms with E-state index in [1.54, 1.807) is 14.2 Å². The van der Waals surface area contributed by atoms with Crippen LogP contribution < -0.4 is 9.47 Å². The number of nitrogens with zero attached hydrogens (tertiary/aromatic N) is 1. The van der Waals surface area contributed by atoms with Gasteiger partial charge in [-0.1, -0.05) is 37.3 Å². The second-order valence-corrected chi connectivity index (χ2v) is 7.23. The first-order valence-corrected chi connectivity index (χ1v) is 9.56. The summed E-state index contributed by atoms with van der Waals surface area (Å²) in [6.07, 6.45) is 3.39. The third kappa shape index (κ3) is 4.59. The second kappa shape index (κ2) is 8.45. The minimum atomic E-state index is 0.776. The summed E-state index contributed by atoms with van der Waals surface area (Å²) in [5, 5.41) is 0. The third-order valence-electron chi connectivity index (χ3n) is 4.38. The Morgan fingerprint density at radius 3 is 2.40 bits per heavy atom. The number of hydrogen-bond donors (Lipinski definition) is 0. The van der Waals surface area contributed by atoms with E-state index in [9.17, 15) is 0 Å². The summed E-state index contributed by atoms with van der Waals surface area (Å²) in [5.41, 5.74) is 3.91. The zero-order valence-electron chi connectivity index (χ0n) is 15.1. The van der Waals surface area contributed by atoms with Crippen LogP contribution in [0.4, 0.5) is 0 Å². The molecule has 4 heteroatoms. The lowest BCUT2D eigenvalue weighted by Gasteiger charge is -2.15. The average molecular weight is 356 g/mol. The molecule has 1 saturated heterocycles. The summed E-state index contributed by atoms with van der Waals surface area (Å²) in [6.45, 7) is 4.10. The highest BCUT2D eigenvalue weighted by atomic mass is 32.2. The largest absolute Gasteiger partial charge is 0.493 e. The Labute approximate surface area is 154 Å². The molecular weight excluding hydrogens is 330 g/mol. The van der Waals surface area contributed by atoms with Crippen molar-refractivity contribution in [2.75, 3.05) is 26.6 Å². The molecule has 0 unspecified atom stereocenters. The lowest BCUT2D eigenvalue weighted by molar-refractivity contribution is 0.345. The van der Waals surface area contributed by atoms with Crippen LogP contribution in [-0.2, 0) is 13.0 Å². The molecule has 0 bridgehead atoms. The van der Waals surface area contributed by atoms with E-state index in [1.807, 2.05) is 17.8 Å². The zero-order chi connectivity index (χ0) is 17.6. The van der Waals surface area contributed by atoms with Gasteiger partial charge in [0.1, 0.15) is 0 Å². The molecule has 132 valence electrons. The number of ether oxygens (including phenoxy) is 2. The Balaban J connectivity index is 1.63. The van der Waals surface area contributed by atoms with Gasteiger partial charge in [0.2, 0.25) is 0 Å². The SMILES string of the molecule is CCc1ccc(C=C2CN(Cc3ccc(OC)c(OC)c3)CS2)cc1. The number of thioether (sulfide) groups is 1. The Kier molecular flexibility index (Phi) is 6.05. The molecule has 0 N–H and O–H groups in total. The first kappa shape index (κ1) is 17.9. The van der Waals surface area contributed by atoms with Crippen LogP contribution in [0.15, 0.2) is 47.4 Å². The fourth-order valence-corrected chi connectivity index (χ4v) is 3.97. The van der Waals surface area contributed by atoms with E-state index in [0.717, 1.165) is 36.9 Å². The third-order valence-corrected chi connectivity index (χ3v) is 5.49. The van der Waals surface area contributed by atoms with Crippen LogP contribution in [0.1, 0.15) is 23.6 Å². The normalized spacial score (nSPS) is 16.4. The highest BCUT2D eigenvalue weighted by Crippen LogP contribution is 2.32. The first-order chi connectivity index (χ1) is 12.2. The van der Waals surface area contributed by atoms with Gasteiger partial charge in [0.25, 0.3) is 0 Å². The van der Waals surface area contributed by atoms with Gasteiger partial charge in [0.15, 0.2) is 11.5 Å². The number of rotatable bonds is 6. The van der Waals surface area contributed by atoms with E-state index in [0.29, 0.717) is 0 Å². The zero-order valence-corrected chi connectivity index (χ0v) is 15.9. The van der Waals surface area contributed by atoms with Crippen molar-refractivity contribution >= 4 is 17.8 Å². The summed E-state index contributed by atoms with van der Waals surface area (Å²) in [6, 6.07) is 15.0. The number of hydrogen-bond acceptors (Lipinski definition) is 4. The molecule has 0 aliphatic carbocycles. The number of benzene rings is 2. The predicted octanol–water partition coefficient (Wildman–Crippen LogP) is 4.81. The number of aryl methyl sites for hydroxylation is 1. The van der Waals surface area contributed by atoms with Gasteiger partial charge in [-0.05, 0) is 41.3 Å². The molecule has 2 aromatic rings. The molecule has 1 heterocycles. The van der Waals surface area contributed by atoms with Crippen molar-refractivity contribution in [3.63, 3.8) is 0 Å². The average Bonchev–Trinajstić information content (AvgIpc) is 3.09. The predicted molar refractivity (Wildman–Crippen MR) is 106 cm³/mol. The van der Waals surface area contributed by atoms with Crippen LogP contribution in [0.5, 0.6) is 11.5 Å². The van der Waals surface area contributed by atoms with Crippen LogP contribution in [0.25, 0.3) is 6.08 Å². The van der Waals surface area contributed by atoms with Crippen LogP contribution in [-0.4, -0.2) is 31.5 Å². The minimum Gasteiger partial charge on any atom is -0.493 e. The van der Waals surface area contributed by atoms with Crippen molar-refractivity contribution in [2.45, 2.75) is 19.9 Å². The standard InChI is InChI=1S/C21H25NO2S/c1-4-16-5-7-17(8-6-16)11-19-14-22(15-25-19)13-18-9-10-20(23-2)21(12-18)24-3/h5-12H,4,13-15H2,1-3H3. The molecule has 0 amide bonds. The van der Waals surface area contributed by atoms with Crippen LogP contribution in [0, 0.1) is 0 Å². The van der Waals surface area contributed by atoms with E-state index in [4.69, 9.17) is 9.47 Å². The second-order valence-electron chi connectivity index (χ2n) is 6.16. The van der Waals surface area contributed by atoms with Crippen molar-refractivity contribution < 1.29 is 9.47 Å². The Morgan fingerprint density at radius 1 is 1.00 bits per heavy atom. The van der Waals surface area contributed by atoms with Crippen LogP contribution in [0.2, 0.25) is 0 Å². The van der Waals surface area contributed by atoms with Gasteiger partial charge in [-0.15, -0.1) is 11.8 Å². The molecule has 3 nitrogen and oxygen atoms in total. The monoisotopic (exact) mass is 355 g/mol. The Morgan fingerprint density at radius 2 is 1.72 bits per heavy atom. The molecule has 2 aromatic carbocycles. The lowest BCUT2D eigenvalue weighted by Crippen LogP contribution is -2.18. The Bertz CT molecular complexity index is 740. The van der Waals surface area contributed by atoms with Gasteiger partial charge in [-0.3, -0.25) is 4.90 Å². The maximum atomic E-state index is 5.40. The molecule has 0 aromatic heterocycles. The maximum absolute atomic E-state index is 5.40. The molecule has 1 aliphatic heterocycles. The van der Waals surface area contributed by atoms with Crippen molar-refractivity contribution in [1.29, 1.82) is 0 Å². The van der Waals surface area contributed by atoms with Crippen molar-refractivity contribution in [1.82, 2.24) is 4.90 Å². The highest BCUT2D eigenvalue weighted by molar-refractivity contribution is 8.03. The van der Waals surface area contributed by atoms with Gasteiger partial charge >= 0.3 is 0 Å². The van der Waals surface area contributed by atoms with Crippen LogP contribution >= 0.6 is 11.8 Å². The summed E-state index contributed by atoms with van der Waals surface area (Å²) in [4.78, 5) is 3.86. The summed E-state index contributed by atoms with van der Waals surface area (Å²) in [5.74, 6) is 2.59. The molecule has 25 heavy (non-hydrogen) atoms. The van der Waals surface area contributed by atoms with Gasteiger partial charge < -0.3 is 9.47 Å². The molecule has 0 radical (unpaired) electrons. The molecule has 0 atom stereocenters. The molecule has 1 aliphatic rings.